The minimum absolute atomic E-state index is 0.120. The number of carbonyl (C=O) groups is 1. The number of likely N-dealkylation sites (tertiary alicyclic amines) is 1. The molecule has 0 bridgehead atoms. The van der Waals surface area contributed by atoms with Gasteiger partial charge >= 0.3 is 0 Å². The van der Waals surface area contributed by atoms with Crippen molar-refractivity contribution in [2.75, 3.05) is 13.1 Å². The van der Waals surface area contributed by atoms with E-state index in [2.05, 4.69) is 5.10 Å². The Morgan fingerprint density at radius 3 is 2.95 bits per heavy atom. The molecule has 3 rings (SSSR count). The van der Waals surface area contributed by atoms with E-state index in [0.29, 0.717) is 24.5 Å². The number of aromatic nitrogens is 2. The van der Waals surface area contributed by atoms with Crippen LogP contribution in [-0.4, -0.2) is 44.9 Å². The summed E-state index contributed by atoms with van der Waals surface area (Å²) in [5.74, 6) is -0.382. The Morgan fingerprint density at radius 2 is 2.27 bits per heavy atom. The lowest BCUT2D eigenvalue weighted by Gasteiger charge is -2.16. The Hall–Kier alpha value is -2.21. The molecule has 5 nitrogen and oxygen atoms in total. The van der Waals surface area contributed by atoms with Crippen molar-refractivity contribution < 1.29 is 14.3 Å². The quantitative estimate of drug-likeness (QED) is 0.941. The number of aliphatic hydroxyl groups is 1. The van der Waals surface area contributed by atoms with Crippen LogP contribution in [0.15, 0.2) is 36.5 Å². The molecule has 116 valence electrons. The highest BCUT2D eigenvalue weighted by Crippen LogP contribution is 2.21. The van der Waals surface area contributed by atoms with E-state index in [0.717, 1.165) is 6.42 Å². The van der Waals surface area contributed by atoms with Gasteiger partial charge < -0.3 is 10.0 Å². The van der Waals surface area contributed by atoms with E-state index in [1.165, 1.54) is 16.8 Å². The van der Waals surface area contributed by atoms with Crippen molar-refractivity contribution in [1.82, 2.24) is 14.7 Å². The first-order chi connectivity index (χ1) is 10.5. The molecule has 2 atom stereocenters. The topological polar surface area (TPSA) is 58.4 Å². The molecule has 2 heterocycles. The second kappa shape index (κ2) is 5.88. The van der Waals surface area contributed by atoms with Crippen molar-refractivity contribution in [3.05, 3.63) is 48.0 Å². The van der Waals surface area contributed by atoms with E-state index >= 15 is 0 Å². The predicted octanol–water partition coefficient (Wildman–Crippen LogP) is 1.85. The van der Waals surface area contributed by atoms with Gasteiger partial charge in [0.2, 0.25) is 0 Å². The van der Waals surface area contributed by atoms with E-state index in [1.54, 1.807) is 36.2 Å². The van der Waals surface area contributed by atoms with Crippen molar-refractivity contribution in [1.29, 1.82) is 0 Å². The molecule has 1 saturated heterocycles. The standard InChI is InChI=1S/C16H18FN3O2/c1-11(21)12-5-7-19(10-12)16(22)15-6-8-20(18-15)14-4-2-3-13(17)9-14/h2-4,6,8-9,11-12,21H,5,7,10H2,1H3. The van der Waals surface area contributed by atoms with Gasteiger partial charge in [0.1, 0.15) is 5.82 Å². The Balaban J connectivity index is 1.75. The fraction of sp³-hybridized carbons (Fsp3) is 0.375. The highest BCUT2D eigenvalue weighted by atomic mass is 19.1. The van der Waals surface area contributed by atoms with Crippen molar-refractivity contribution in [3.8, 4) is 5.69 Å². The van der Waals surface area contributed by atoms with Gasteiger partial charge in [0.25, 0.3) is 5.91 Å². The molecule has 1 aliphatic heterocycles. The Labute approximate surface area is 128 Å². The van der Waals surface area contributed by atoms with E-state index in [1.807, 2.05) is 0 Å². The van der Waals surface area contributed by atoms with Crippen LogP contribution in [0.1, 0.15) is 23.8 Å². The molecule has 2 unspecified atom stereocenters. The van der Waals surface area contributed by atoms with Crippen LogP contribution in [0.4, 0.5) is 4.39 Å². The van der Waals surface area contributed by atoms with Crippen LogP contribution in [0.3, 0.4) is 0 Å². The zero-order valence-electron chi connectivity index (χ0n) is 12.3. The van der Waals surface area contributed by atoms with E-state index < -0.39 is 6.10 Å². The zero-order valence-corrected chi connectivity index (χ0v) is 12.3. The molecule has 0 radical (unpaired) electrons. The molecule has 1 fully saturated rings. The number of nitrogens with zero attached hydrogens (tertiary/aromatic N) is 3. The third-order valence-corrected chi connectivity index (χ3v) is 4.08. The van der Waals surface area contributed by atoms with Crippen molar-refractivity contribution in [2.24, 2.45) is 5.92 Å². The van der Waals surface area contributed by atoms with E-state index in [-0.39, 0.29) is 17.6 Å². The highest BCUT2D eigenvalue weighted by Gasteiger charge is 2.30. The summed E-state index contributed by atoms with van der Waals surface area (Å²) in [7, 11) is 0. The smallest absolute Gasteiger partial charge is 0.274 e. The van der Waals surface area contributed by atoms with Gasteiger partial charge in [-0.05, 0) is 37.6 Å². The number of amides is 1. The molecule has 0 aliphatic carbocycles. The molecule has 1 aromatic heterocycles. The number of rotatable bonds is 3. The molecular formula is C16H18FN3O2. The summed E-state index contributed by atoms with van der Waals surface area (Å²) in [6.45, 7) is 2.92. The number of hydrogen-bond donors (Lipinski definition) is 1. The van der Waals surface area contributed by atoms with E-state index in [9.17, 15) is 14.3 Å². The second-order valence-corrected chi connectivity index (χ2v) is 5.67. The number of hydrogen-bond acceptors (Lipinski definition) is 3. The van der Waals surface area contributed by atoms with Crippen LogP contribution in [0, 0.1) is 11.7 Å². The summed E-state index contributed by atoms with van der Waals surface area (Å²) in [5.41, 5.74) is 0.901. The van der Waals surface area contributed by atoms with Gasteiger partial charge in [-0.25, -0.2) is 9.07 Å². The maximum atomic E-state index is 13.2. The monoisotopic (exact) mass is 303 g/mol. The molecule has 1 aliphatic rings. The minimum Gasteiger partial charge on any atom is -0.393 e. The third-order valence-electron chi connectivity index (χ3n) is 4.08. The zero-order chi connectivity index (χ0) is 15.7. The van der Waals surface area contributed by atoms with Crippen LogP contribution < -0.4 is 0 Å². The SMILES string of the molecule is CC(O)C1CCN(C(=O)c2ccn(-c3cccc(F)c3)n2)C1. The average Bonchev–Trinajstić information content (AvgIpc) is 3.16. The first-order valence-electron chi connectivity index (χ1n) is 7.33. The van der Waals surface area contributed by atoms with Crippen LogP contribution in [0.25, 0.3) is 5.69 Å². The van der Waals surface area contributed by atoms with Crippen molar-refractivity contribution >= 4 is 5.91 Å². The van der Waals surface area contributed by atoms with Gasteiger partial charge in [-0.2, -0.15) is 5.10 Å². The fourth-order valence-corrected chi connectivity index (χ4v) is 2.73. The molecule has 1 amide bonds. The van der Waals surface area contributed by atoms with Gasteiger partial charge in [0.15, 0.2) is 5.69 Å². The molecule has 22 heavy (non-hydrogen) atoms. The van der Waals surface area contributed by atoms with Gasteiger partial charge in [-0.15, -0.1) is 0 Å². The van der Waals surface area contributed by atoms with Crippen LogP contribution >= 0.6 is 0 Å². The first-order valence-corrected chi connectivity index (χ1v) is 7.33. The maximum Gasteiger partial charge on any atom is 0.274 e. The molecule has 2 aromatic rings. The minimum atomic E-state index is -0.414. The van der Waals surface area contributed by atoms with Crippen LogP contribution in [-0.2, 0) is 0 Å². The Kier molecular flexibility index (Phi) is 3.94. The molecule has 0 spiro atoms. The molecule has 6 heteroatoms. The van der Waals surface area contributed by atoms with Gasteiger partial charge in [-0.3, -0.25) is 4.79 Å². The molecular weight excluding hydrogens is 285 g/mol. The van der Waals surface area contributed by atoms with Crippen molar-refractivity contribution in [3.63, 3.8) is 0 Å². The van der Waals surface area contributed by atoms with E-state index in [4.69, 9.17) is 0 Å². The molecule has 0 saturated carbocycles. The highest BCUT2D eigenvalue weighted by molar-refractivity contribution is 5.92. The lowest BCUT2D eigenvalue weighted by molar-refractivity contribution is 0.0756. The number of carbonyl (C=O) groups excluding carboxylic acids is 1. The third kappa shape index (κ3) is 2.87. The lowest BCUT2D eigenvalue weighted by Crippen LogP contribution is -2.30. The van der Waals surface area contributed by atoms with Gasteiger partial charge in [-0.1, -0.05) is 6.07 Å². The largest absolute Gasteiger partial charge is 0.393 e. The average molecular weight is 303 g/mol. The summed E-state index contributed by atoms with van der Waals surface area (Å²) < 4.78 is 14.7. The molecule has 1 aromatic carbocycles. The van der Waals surface area contributed by atoms with Crippen LogP contribution in [0.2, 0.25) is 0 Å². The summed E-state index contributed by atoms with van der Waals surface area (Å²) in [4.78, 5) is 14.1. The Bertz CT molecular complexity index is 684. The number of benzene rings is 1. The summed E-state index contributed by atoms with van der Waals surface area (Å²) >= 11 is 0. The van der Waals surface area contributed by atoms with Gasteiger partial charge in [0.05, 0.1) is 11.8 Å². The number of halogens is 1. The van der Waals surface area contributed by atoms with Crippen LogP contribution in [0.5, 0.6) is 0 Å². The predicted molar refractivity (Wildman–Crippen MR) is 79.2 cm³/mol. The summed E-state index contributed by atoms with van der Waals surface area (Å²) in [6, 6.07) is 7.67. The first kappa shape index (κ1) is 14.7. The summed E-state index contributed by atoms with van der Waals surface area (Å²) in [5, 5.41) is 13.8. The normalized spacial score (nSPS) is 19.4. The molecule has 1 N–H and O–H groups in total. The second-order valence-electron chi connectivity index (χ2n) is 5.67. The Morgan fingerprint density at radius 1 is 1.45 bits per heavy atom. The van der Waals surface area contributed by atoms with Gasteiger partial charge in [0, 0.05) is 25.2 Å². The van der Waals surface area contributed by atoms with Crippen molar-refractivity contribution in [2.45, 2.75) is 19.4 Å². The number of aliphatic hydroxyl groups excluding tert-OH is 1. The maximum absolute atomic E-state index is 13.2. The fourth-order valence-electron chi connectivity index (χ4n) is 2.73. The lowest BCUT2D eigenvalue weighted by atomic mass is 10.0. The summed E-state index contributed by atoms with van der Waals surface area (Å²) in [6.07, 6.45) is 2.03.